The number of hydrogen-bond acceptors (Lipinski definition) is 7. The minimum absolute atomic E-state index is 0.0281. The van der Waals surface area contributed by atoms with Gasteiger partial charge in [-0.25, -0.2) is 4.79 Å². The van der Waals surface area contributed by atoms with Crippen LogP contribution >= 0.6 is 19.9 Å². The van der Waals surface area contributed by atoms with Gasteiger partial charge >= 0.3 is 14.7 Å². The van der Waals surface area contributed by atoms with Crippen LogP contribution in [0.25, 0.3) is 0 Å². The lowest BCUT2D eigenvalue weighted by Gasteiger charge is -2.21. The van der Waals surface area contributed by atoms with Gasteiger partial charge in [-0.2, -0.15) is 4.57 Å². The summed E-state index contributed by atoms with van der Waals surface area (Å²) in [5.41, 5.74) is 3.22. The molecule has 1 heterocycles. The molecule has 0 saturated carbocycles. The van der Waals surface area contributed by atoms with E-state index in [1.807, 2.05) is 38.1 Å². The fourth-order valence-electron chi connectivity index (χ4n) is 4.90. The Labute approximate surface area is 271 Å². The molecule has 1 amide bonds. The molecule has 2 rings (SSSR count). The number of ether oxygens (including phenoxy) is 2. The number of unbranched alkanes of at least 4 members (excludes halogenated alkanes) is 13. The van der Waals surface area contributed by atoms with Crippen LogP contribution in [0.3, 0.4) is 0 Å². The Hall–Kier alpha value is -1.77. The van der Waals surface area contributed by atoms with Gasteiger partial charge in [-0.15, -0.1) is 0 Å². The lowest BCUT2D eigenvalue weighted by Crippen LogP contribution is -2.33. The third-order valence-electron chi connectivity index (χ3n) is 7.23. The topological polar surface area (TPSA) is 90.1 Å². The van der Waals surface area contributed by atoms with Crippen LogP contribution in [-0.2, 0) is 20.5 Å². The van der Waals surface area contributed by atoms with Crippen molar-refractivity contribution in [3.8, 4) is 5.75 Å². The zero-order valence-electron chi connectivity index (χ0n) is 27.6. The summed E-state index contributed by atoms with van der Waals surface area (Å²) in [5.74, 6) is 0.523. The monoisotopic (exact) mass is 653 g/mol. The summed E-state index contributed by atoms with van der Waals surface area (Å²) in [6.07, 6.45) is 19.3. The number of amides is 1. The molecule has 1 aromatic heterocycles. The van der Waals surface area contributed by atoms with Gasteiger partial charge in [0.25, 0.3) is 0 Å². The van der Waals surface area contributed by atoms with Gasteiger partial charge < -0.3 is 24.2 Å². The first-order valence-electron chi connectivity index (χ1n) is 16.7. The molecule has 0 fully saturated rings. The lowest BCUT2D eigenvalue weighted by molar-refractivity contribution is -0.683. The maximum atomic E-state index is 12.2. The number of aromatic nitrogens is 1. The van der Waals surface area contributed by atoms with E-state index in [1.54, 1.807) is 11.3 Å². The Morgan fingerprint density at radius 2 is 1.50 bits per heavy atom. The van der Waals surface area contributed by atoms with E-state index in [2.05, 4.69) is 35.4 Å². The first-order valence-corrected chi connectivity index (χ1v) is 18.8. The van der Waals surface area contributed by atoms with Gasteiger partial charge in [-0.3, -0.25) is 4.52 Å². The van der Waals surface area contributed by atoms with Crippen molar-refractivity contribution < 1.29 is 32.8 Å². The van der Waals surface area contributed by atoms with E-state index in [9.17, 15) is 9.69 Å². The van der Waals surface area contributed by atoms with Crippen molar-refractivity contribution in [2.45, 2.75) is 136 Å². The highest BCUT2D eigenvalue weighted by Crippen LogP contribution is 2.35. The van der Waals surface area contributed by atoms with E-state index in [1.165, 1.54) is 81.9 Å². The van der Waals surface area contributed by atoms with Crippen LogP contribution in [0.15, 0.2) is 36.0 Å². The molecule has 0 spiro atoms. The maximum absolute atomic E-state index is 12.2. The van der Waals surface area contributed by atoms with E-state index in [4.69, 9.17) is 18.5 Å². The summed E-state index contributed by atoms with van der Waals surface area (Å²) in [6, 6.07) is 7.57. The number of rotatable bonds is 26. The van der Waals surface area contributed by atoms with Crippen molar-refractivity contribution in [2.24, 2.45) is 0 Å². The largest absolute Gasteiger partial charge is 0.447 e. The van der Waals surface area contributed by atoms with Gasteiger partial charge in [0, 0.05) is 12.1 Å². The van der Waals surface area contributed by atoms with Crippen LogP contribution in [0.4, 0.5) is 4.79 Å². The predicted molar refractivity (Wildman–Crippen MR) is 180 cm³/mol. The van der Waals surface area contributed by atoms with Crippen molar-refractivity contribution in [3.63, 3.8) is 0 Å². The van der Waals surface area contributed by atoms with E-state index in [0.717, 1.165) is 24.9 Å². The number of carbonyl (C=O) groups excluding carboxylic acids is 1. The molecular weight excluding hydrogens is 595 g/mol. The molecule has 2 aromatic rings. The zero-order valence-corrected chi connectivity index (χ0v) is 29.3. The Kier molecular flexibility index (Phi) is 21.4. The van der Waals surface area contributed by atoms with Crippen LogP contribution in [0.2, 0.25) is 0 Å². The zero-order chi connectivity index (χ0) is 31.8. The van der Waals surface area contributed by atoms with Gasteiger partial charge in [-0.1, -0.05) is 102 Å². The third-order valence-corrected chi connectivity index (χ3v) is 8.82. The van der Waals surface area contributed by atoms with Crippen molar-refractivity contribution in [3.05, 3.63) is 46.4 Å². The van der Waals surface area contributed by atoms with Gasteiger partial charge in [0.1, 0.15) is 18.5 Å². The molecule has 2 unspecified atom stereocenters. The van der Waals surface area contributed by atoms with E-state index >= 15 is 0 Å². The standard InChI is InChI=1S/C34H57N2O6PS/c1-5-6-7-8-9-10-11-12-13-14-15-16-17-18-23-35-34(37)39-26-33(41-29(2)3)27-40-43(38)42-32-21-19-31(20-22-32)25-36-24-30(4)44-28-36/h19-22,24,28-29,33,38H,5-18,23,25-27H2,1-4H3/p+1. The van der Waals surface area contributed by atoms with Crippen molar-refractivity contribution >= 4 is 26.0 Å². The molecule has 250 valence electrons. The average Bonchev–Trinajstić information content (AvgIpc) is 3.41. The predicted octanol–water partition coefficient (Wildman–Crippen LogP) is 9.01. The first kappa shape index (κ1) is 38.4. The maximum Gasteiger partial charge on any atom is 0.407 e. The molecule has 0 aliphatic heterocycles. The van der Waals surface area contributed by atoms with Gasteiger partial charge in [0.05, 0.1) is 17.6 Å². The van der Waals surface area contributed by atoms with E-state index in [-0.39, 0.29) is 19.3 Å². The number of carbonyl (C=O) groups is 1. The fourth-order valence-corrected chi connectivity index (χ4v) is 6.18. The van der Waals surface area contributed by atoms with Crippen molar-refractivity contribution in [1.82, 2.24) is 5.32 Å². The highest BCUT2D eigenvalue weighted by molar-refractivity contribution is 7.41. The second-order valence-electron chi connectivity index (χ2n) is 11.8. The number of nitrogens with zero attached hydrogens (tertiary/aromatic N) is 1. The molecule has 1 aromatic carbocycles. The van der Waals surface area contributed by atoms with Gasteiger partial charge in [0.2, 0.25) is 5.51 Å². The molecule has 44 heavy (non-hydrogen) atoms. The van der Waals surface area contributed by atoms with E-state index in [0.29, 0.717) is 12.3 Å². The molecule has 0 aliphatic rings. The van der Waals surface area contributed by atoms with Gasteiger partial charge in [-0.05, 0) is 51.5 Å². The second-order valence-corrected chi connectivity index (χ2v) is 13.8. The summed E-state index contributed by atoms with van der Waals surface area (Å²) in [5, 5.41) is 2.82. The van der Waals surface area contributed by atoms with Gasteiger partial charge in [0.15, 0.2) is 12.7 Å². The number of hydrogen-bond donors (Lipinski definition) is 2. The van der Waals surface area contributed by atoms with Crippen LogP contribution in [0.5, 0.6) is 5.75 Å². The minimum atomic E-state index is -2.16. The smallest absolute Gasteiger partial charge is 0.407 e. The number of benzene rings is 1. The Morgan fingerprint density at radius 3 is 2.05 bits per heavy atom. The molecule has 10 heteroatoms. The Balaban J connectivity index is 1.51. The Bertz CT molecular complexity index is 990. The second kappa shape index (κ2) is 24.5. The molecule has 0 saturated heterocycles. The molecule has 0 bridgehead atoms. The van der Waals surface area contributed by atoms with Crippen LogP contribution in [0, 0.1) is 6.92 Å². The highest BCUT2D eigenvalue weighted by Gasteiger charge is 2.19. The normalized spacial score (nSPS) is 12.8. The molecule has 2 N–H and O–H groups in total. The summed E-state index contributed by atoms with van der Waals surface area (Å²) < 4.78 is 24.4. The molecule has 2 atom stereocenters. The Morgan fingerprint density at radius 1 is 0.909 bits per heavy atom. The number of aryl methyl sites for hydroxylation is 1. The molecule has 0 radical (unpaired) electrons. The van der Waals surface area contributed by atoms with Crippen molar-refractivity contribution in [1.29, 1.82) is 0 Å². The lowest BCUT2D eigenvalue weighted by atomic mass is 10.0. The molecular formula is C34H58N2O6PS+. The fraction of sp³-hybridized carbons (Fsp3) is 0.706. The molecule has 0 aliphatic carbocycles. The minimum Gasteiger partial charge on any atom is -0.447 e. The number of nitrogens with one attached hydrogen (secondary N) is 1. The van der Waals surface area contributed by atoms with Crippen LogP contribution in [-0.4, -0.2) is 43.0 Å². The SMILES string of the molecule is CCCCCCCCCCCCCCCCNC(=O)OCC(COP(O)Oc1ccc(C[n+]2csc(C)c2)cc1)OC(C)C. The summed E-state index contributed by atoms with van der Waals surface area (Å²) in [6.45, 7) is 9.60. The van der Waals surface area contributed by atoms with Crippen LogP contribution < -0.4 is 14.4 Å². The van der Waals surface area contributed by atoms with E-state index < -0.39 is 20.8 Å². The van der Waals surface area contributed by atoms with Crippen molar-refractivity contribution in [2.75, 3.05) is 19.8 Å². The quantitative estimate of drug-likeness (QED) is 0.0598. The number of alkyl carbamates (subject to hydrolysis) is 1. The summed E-state index contributed by atoms with van der Waals surface area (Å²) in [7, 11) is -2.16. The summed E-state index contributed by atoms with van der Waals surface area (Å²) >= 11 is 1.71. The first-order chi connectivity index (χ1) is 21.4. The molecule has 8 nitrogen and oxygen atoms in total. The average molecular weight is 654 g/mol. The summed E-state index contributed by atoms with van der Waals surface area (Å²) in [4.78, 5) is 23.8. The third kappa shape index (κ3) is 19.6. The van der Waals surface area contributed by atoms with Crippen LogP contribution in [0.1, 0.15) is 121 Å². The highest BCUT2D eigenvalue weighted by atomic mass is 32.1. The number of thiazole rings is 1.